The maximum absolute atomic E-state index is 9.90. The van der Waals surface area contributed by atoms with Gasteiger partial charge in [-0.1, -0.05) is 6.92 Å². The Balaban J connectivity index is 1.88. The zero-order chi connectivity index (χ0) is 11.8. The topological polar surface area (TPSA) is 53.7 Å². The quantitative estimate of drug-likeness (QED) is 0.795. The summed E-state index contributed by atoms with van der Waals surface area (Å²) in [5.41, 5.74) is 0.843. The molecule has 1 aliphatic rings. The van der Waals surface area contributed by atoms with Gasteiger partial charge in [0.05, 0.1) is 12.3 Å². The van der Waals surface area contributed by atoms with Crippen molar-refractivity contribution in [2.45, 2.75) is 19.4 Å². The summed E-state index contributed by atoms with van der Waals surface area (Å²) in [5, 5.41) is 14.0. The molecule has 0 radical (unpaired) electrons. The fourth-order valence-electron chi connectivity index (χ4n) is 2.24. The number of aliphatic hydroxyl groups excluding tert-OH is 1. The van der Waals surface area contributed by atoms with E-state index in [2.05, 4.69) is 21.9 Å². The highest BCUT2D eigenvalue weighted by Gasteiger charge is 2.25. The molecule has 0 aliphatic carbocycles. The van der Waals surface area contributed by atoms with Crippen molar-refractivity contribution in [2.75, 3.05) is 18.0 Å². The first-order valence-corrected chi connectivity index (χ1v) is 5.97. The van der Waals surface area contributed by atoms with Gasteiger partial charge in [-0.05, 0) is 18.4 Å². The van der Waals surface area contributed by atoms with Crippen molar-refractivity contribution in [3.63, 3.8) is 0 Å². The number of anilines is 1. The number of hydrogen-bond acceptors (Lipinski definition) is 4. The minimum absolute atomic E-state index is 0.258. The molecular formula is C12H16N4O. The maximum atomic E-state index is 9.90. The normalized spacial score (nSPS) is 25.4. The Morgan fingerprint density at radius 1 is 1.41 bits per heavy atom. The Kier molecular flexibility index (Phi) is 2.48. The molecule has 1 N–H and O–H groups in total. The van der Waals surface area contributed by atoms with E-state index in [-0.39, 0.29) is 6.10 Å². The number of piperidine rings is 1. The molecule has 0 spiro atoms. The second kappa shape index (κ2) is 4.00. The third-order valence-electron chi connectivity index (χ3n) is 3.49. The molecule has 3 rings (SSSR count). The molecule has 2 aromatic heterocycles. The van der Waals surface area contributed by atoms with E-state index in [1.807, 2.05) is 18.3 Å². The molecule has 0 bridgehead atoms. The molecule has 5 heteroatoms. The van der Waals surface area contributed by atoms with Gasteiger partial charge in [0.25, 0.3) is 0 Å². The van der Waals surface area contributed by atoms with Gasteiger partial charge < -0.3 is 10.0 Å². The number of rotatable bonds is 1. The molecule has 2 atom stereocenters. The van der Waals surface area contributed by atoms with Crippen LogP contribution < -0.4 is 4.90 Å². The van der Waals surface area contributed by atoms with E-state index in [0.717, 1.165) is 24.4 Å². The van der Waals surface area contributed by atoms with Crippen LogP contribution in [0.2, 0.25) is 0 Å². The highest BCUT2D eigenvalue weighted by atomic mass is 16.3. The number of nitrogens with zero attached hydrogens (tertiary/aromatic N) is 4. The third-order valence-corrected chi connectivity index (χ3v) is 3.49. The largest absolute Gasteiger partial charge is 0.391 e. The van der Waals surface area contributed by atoms with E-state index in [1.165, 1.54) is 0 Å². The SMILES string of the molecule is CC1CCN(c2ccn3nccc3n2)CC1O. The summed E-state index contributed by atoms with van der Waals surface area (Å²) in [7, 11) is 0. The first-order valence-electron chi connectivity index (χ1n) is 5.97. The summed E-state index contributed by atoms with van der Waals surface area (Å²) in [6.45, 7) is 3.71. The van der Waals surface area contributed by atoms with Crippen LogP contribution in [-0.2, 0) is 0 Å². The highest BCUT2D eigenvalue weighted by Crippen LogP contribution is 2.21. The summed E-state index contributed by atoms with van der Waals surface area (Å²) in [6, 6.07) is 3.83. The minimum Gasteiger partial charge on any atom is -0.391 e. The van der Waals surface area contributed by atoms with Crippen LogP contribution in [0.5, 0.6) is 0 Å². The molecule has 0 aromatic carbocycles. The van der Waals surface area contributed by atoms with Crippen molar-refractivity contribution in [3.8, 4) is 0 Å². The smallest absolute Gasteiger partial charge is 0.157 e. The third kappa shape index (κ3) is 1.86. The lowest BCUT2D eigenvalue weighted by Crippen LogP contribution is -2.43. The van der Waals surface area contributed by atoms with Crippen molar-refractivity contribution in [2.24, 2.45) is 5.92 Å². The van der Waals surface area contributed by atoms with Gasteiger partial charge in [-0.25, -0.2) is 9.50 Å². The summed E-state index contributed by atoms with van der Waals surface area (Å²) in [6.07, 6.45) is 4.39. The van der Waals surface area contributed by atoms with Gasteiger partial charge in [0.15, 0.2) is 5.65 Å². The van der Waals surface area contributed by atoms with Crippen LogP contribution in [0.15, 0.2) is 24.5 Å². The van der Waals surface area contributed by atoms with E-state index in [4.69, 9.17) is 0 Å². The van der Waals surface area contributed by atoms with E-state index in [9.17, 15) is 5.11 Å². The van der Waals surface area contributed by atoms with Crippen molar-refractivity contribution >= 4 is 11.5 Å². The molecule has 2 aromatic rings. The minimum atomic E-state index is -0.258. The van der Waals surface area contributed by atoms with Crippen molar-refractivity contribution in [1.29, 1.82) is 0 Å². The highest BCUT2D eigenvalue weighted by molar-refractivity contribution is 5.47. The molecule has 5 nitrogen and oxygen atoms in total. The monoisotopic (exact) mass is 232 g/mol. The van der Waals surface area contributed by atoms with E-state index < -0.39 is 0 Å². The molecule has 0 amide bonds. The van der Waals surface area contributed by atoms with Crippen LogP contribution in [0.25, 0.3) is 5.65 Å². The Hall–Kier alpha value is -1.62. The van der Waals surface area contributed by atoms with Crippen molar-refractivity contribution in [1.82, 2.24) is 14.6 Å². The van der Waals surface area contributed by atoms with Gasteiger partial charge >= 0.3 is 0 Å². The summed E-state index contributed by atoms with van der Waals surface area (Å²) in [5.74, 6) is 1.30. The lowest BCUT2D eigenvalue weighted by atomic mass is 9.96. The molecule has 3 heterocycles. The fourth-order valence-corrected chi connectivity index (χ4v) is 2.24. The average molecular weight is 232 g/mol. The van der Waals surface area contributed by atoms with Crippen molar-refractivity contribution < 1.29 is 5.11 Å². The Morgan fingerprint density at radius 2 is 2.29 bits per heavy atom. The van der Waals surface area contributed by atoms with Crippen LogP contribution in [-0.4, -0.2) is 38.9 Å². The number of aliphatic hydroxyl groups is 1. The number of β-amino-alcohol motifs (C(OH)–C–C–N with tert-alkyl or cyclic N) is 1. The Bertz CT molecular complexity index is 524. The first-order chi connectivity index (χ1) is 8.24. The maximum Gasteiger partial charge on any atom is 0.157 e. The zero-order valence-electron chi connectivity index (χ0n) is 9.82. The van der Waals surface area contributed by atoms with Crippen LogP contribution in [0, 0.1) is 5.92 Å². The Labute approximate surface area is 99.7 Å². The lowest BCUT2D eigenvalue weighted by Gasteiger charge is -2.34. The summed E-state index contributed by atoms with van der Waals surface area (Å²) in [4.78, 5) is 6.67. The van der Waals surface area contributed by atoms with Crippen LogP contribution in [0.1, 0.15) is 13.3 Å². The van der Waals surface area contributed by atoms with Gasteiger partial charge in [0.2, 0.25) is 0 Å². The van der Waals surface area contributed by atoms with Crippen molar-refractivity contribution in [3.05, 3.63) is 24.5 Å². The number of aromatic nitrogens is 3. The van der Waals surface area contributed by atoms with Gasteiger partial charge in [-0.3, -0.25) is 0 Å². The average Bonchev–Trinajstić information content (AvgIpc) is 2.79. The molecule has 1 fully saturated rings. The first kappa shape index (κ1) is 10.5. The van der Waals surface area contributed by atoms with Gasteiger partial charge in [0, 0.05) is 25.4 Å². The predicted octanol–water partition coefficient (Wildman–Crippen LogP) is 0.936. The van der Waals surface area contributed by atoms with Crippen LogP contribution in [0.3, 0.4) is 0 Å². The Morgan fingerprint density at radius 3 is 3.12 bits per heavy atom. The standard InChI is InChI=1S/C12H16N4O/c1-9-3-6-15(8-10(9)17)11-4-7-16-12(14-11)2-5-13-16/h2,4-5,7,9-10,17H,3,6,8H2,1H3. The van der Waals surface area contributed by atoms with Gasteiger partial charge in [0.1, 0.15) is 5.82 Å². The number of fused-ring (bicyclic) bond motifs is 1. The molecular weight excluding hydrogens is 216 g/mol. The molecule has 1 saturated heterocycles. The van der Waals surface area contributed by atoms with Gasteiger partial charge in [-0.15, -0.1) is 0 Å². The second-order valence-electron chi connectivity index (χ2n) is 4.70. The molecule has 1 aliphatic heterocycles. The molecule has 2 unspecified atom stereocenters. The number of hydrogen-bond donors (Lipinski definition) is 1. The van der Waals surface area contributed by atoms with E-state index in [1.54, 1.807) is 10.7 Å². The summed E-state index contributed by atoms with van der Waals surface area (Å²) >= 11 is 0. The lowest BCUT2D eigenvalue weighted by molar-refractivity contribution is 0.102. The molecule has 17 heavy (non-hydrogen) atoms. The second-order valence-corrected chi connectivity index (χ2v) is 4.70. The predicted molar refractivity (Wildman–Crippen MR) is 65.0 cm³/mol. The van der Waals surface area contributed by atoms with E-state index >= 15 is 0 Å². The fraction of sp³-hybridized carbons (Fsp3) is 0.500. The van der Waals surface area contributed by atoms with E-state index in [0.29, 0.717) is 12.5 Å². The van der Waals surface area contributed by atoms with Crippen LogP contribution >= 0.6 is 0 Å². The van der Waals surface area contributed by atoms with Gasteiger partial charge in [-0.2, -0.15) is 5.10 Å². The summed E-state index contributed by atoms with van der Waals surface area (Å²) < 4.78 is 1.74. The van der Waals surface area contributed by atoms with Crippen LogP contribution in [0.4, 0.5) is 5.82 Å². The molecule has 0 saturated carbocycles. The molecule has 90 valence electrons. The zero-order valence-corrected chi connectivity index (χ0v) is 9.82.